The maximum Gasteiger partial charge on any atom is 0.255 e. The number of amides is 2. The molecule has 0 aliphatic carbocycles. The molecule has 1 aromatic carbocycles. The highest BCUT2D eigenvalue weighted by atomic mass is 35.5. The van der Waals surface area contributed by atoms with E-state index in [2.05, 4.69) is 0 Å². The average molecular weight is 335 g/mol. The molecule has 2 amide bonds. The molecule has 0 aliphatic rings. The Balaban J connectivity index is 2.89. The van der Waals surface area contributed by atoms with Crippen molar-refractivity contribution in [3.63, 3.8) is 0 Å². The molecule has 21 heavy (non-hydrogen) atoms. The van der Waals surface area contributed by atoms with E-state index in [-0.39, 0.29) is 28.1 Å². The summed E-state index contributed by atoms with van der Waals surface area (Å²) in [6.45, 7) is 4.74. The molecule has 0 radical (unpaired) electrons. The topological polar surface area (TPSA) is 40.6 Å². The zero-order chi connectivity index (χ0) is 16.2. The number of carbonyl (C=O) groups is 2. The Morgan fingerprint density at radius 3 is 2.24 bits per heavy atom. The number of hydrogen-bond donors (Lipinski definition) is 0. The molecule has 0 saturated heterocycles. The molecule has 0 aliphatic heterocycles. The van der Waals surface area contributed by atoms with Crippen LogP contribution in [0.25, 0.3) is 0 Å². The van der Waals surface area contributed by atoms with Crippen molar-refractivity contribution in [3.8, 4) is 0 Å². The predicted octanol–water partition coefficient (Wildman–Crippen LogP) is 3.07. The summed E-state index contributed by atoms with van der Waals surface area (Å²) in [5.74, 6) is -1.44. The van der Waals surface area contributed by atoms with Crippen LogP contribution in [0.5, 0.6) is 0 Å². The molecule has 0 spiro atoms. The lowest BCUT2D eigenvalue weighted by molar-refractivity contribution is -0.131. The largest absolute Gasteiger partial charge is 0.342 e. The summed E-state index contributed by atoms with van der Waals surface area (Å²) in [6.07, 6.45) is 0. The number of likely N-dealkylation sites (N-methyl/N-ethyl adjacent to an activating group) is 2. The van der Waals surface area contributed by atoms with Gasteiger partial charge in [0.1, 0.15) is 5.82 Å². The van der Waals surface area contributed by atoms with Gasteiger partial charge in [-0.25, -0.2) is 4.39 Å². The first-order valence-corrected chi connectivity index (χ1v) is 7.25. The first-order valence-electron chi connectivity index (χ1n) is 6.49. The second-order valence-electron chi connectivity index (χ2n) is 4.47. The molecule has 0 aromatic heterocycles. The maximum absolute atomic E-state index is 13.4. The van der Waals surface area contributed by atoms with Gasteiger partial charge in [0.25, 0.3) is 5.91 Å². The molecule has 1 rings (SSSR count). The van der Waals surface area contributed by atoms with E-state index >= 15 is 0 Å². The second kappa shape index (κ2) is 7.61. The Kier molecular flexibility index (Phi) is 6.42. The lowest BCUT2D eigenvalue weighted by Gasteiger charge is -2.23. The van der Waals surface area contributed by atoms with Crippen LogP contribution in [0.4, 0.5) is 4.39 Å². The van der Waals surface area contributed by atoms with E-state index < -0.39 is 11.7 Å². The van der Waals surface area contributed by atoms with Gasteiger partial charge in [-0.05, 0) is 26.0 Å². The van der Waals surface area contributed by atoms with Gasteiger partial charge in [-0.15, -0.1) is 0 Å². The number of rotatable bonds is 5. The molecule has 0 bridgehead atoms. The fraction of sp³-hybridized carbons (Fsp3) is 0.429. The average Bonchev–Trinajstić information content (AvgIpc) is 2.43. The number of carbonyl (C=O) groups excluding carboxylic acids is 2. The van der Waals surface area contributed by atoms with Crippen LogP contribution in [0.2, 0.25) is 10.0 Å². The number of halogens is 3. The summed E-state index contributed by atoms with van der Waals surface area (Å²) >= 11 is 11.5. The highest BCUT2D eigenvalue weighted by molar-refractivity contribution is 6.36. The van der Waals surface area contributed by atoms with Gasteiger partial charge in [-0.3, -0.25) is 9.59 Å². The van der Waals surface area contributed by atoms with Crippen molar-refractivity contribution < 1.29 is 14.0 Å². The van der Waals surface area contributed by atoms with Gasteiger partial charge in [-0.2, -0.15) is 0 Å². The van der Waals surface area contributed by atoms with E-state index in [1.807, 2.05) is 13.8 Å². The van der Waals surface area contributed by atoms with E-state index in [9.17, 15) is 14.0 Å². The lowest BCUT2D eigenvalue weighted by atomic mass is 10.2. The van der Waals surface area contributed by atoms with Crippen LogP contribution in [0.15, 0.2) is 12.1 Å². The number of benzene rings is 1. The van der Waals surface area contributed by atoms with Gasteiger partial charge in [0.2, 0.25) is 5.91 Å². The highest BCUT2D eigenvalue weighted by Gasteiger charge is 2.21. The Morgan fingerprint density at radius 1 is 1.14 bits per heavy atom. The minimum Gasteiger partial charge on any atom is -0.342 e. The minimum absolute atomic E-state index is 0.0200. The van der Waals surface area contributed by atoms with Gasteiger partial charge < -0.3 is 9.80 Å². The van der Waals surface area contributed by atoms with Crippen molar-refractivity contribution in [1.82, 2.24) is 9.80 Å². The van der Waals surface area contributed by atoms with E-state index in [1.165, 1.54) is 18.0 Å². The summed E-state index contributed by atoms with van der Waals surface area (Å²) in [5, 5.41) is -0.105. The standard InChI is InChI=1S/C14H17Cl2FN2O2/c1-4-19(5-2)13(20)8-18(3)14(21)9-6-12(17)11(16)7-10(9)15/h6-7H,4-5,8H2,1-3H3. The molecule has 1 aromatic rings. The monoisotopic (exact) mass is 334 g/mol. The molecular formula is C14H17Cl2FN2O2. The van der Waals surface area contributed by atoms with Crippen molar-refractivity contribution in [2.45, 2.75) is 13.8 Å². The Bertz CT molecular complexity index is 548. The van der Waals surface area contributed by atoms with Gasteiger partial charge in [-0.1, -0.05) is 23.2 Å². The molecule has 0 saturated carbocycles. The van der Waals surface area contributed by atoms with E-state index in [0.29, 0.717) is 13.1 Å². The SMILES string of the molecule is CCN(CC)C(=O)CN(C)C(=O)c1cc(F)c(Cl)cc1Cl. The summed E-state index contributed by atoms with van der Waals surface area (Å²) < 4.78 is 13.4. The zero-order valence-corrected chi connectivity index (χ0v) is 13.6. The third kappa shape index (κ3) is 4.32. The summed E-state index contributed by atoms with van der Waals surface area (Å²) in [5.41, 5.74) is -0.0200. The fourth-order valence-corrected chi connectivity index (χ4v) is 2.31. The molecule has 0 unspecified atom stereocenters. The summed E-state index contributed by atoms with van der Waals surface area (Å²) in [4.78, 5) is 27.0. The Hall–Kier alpha value is -1.33. The van der Waals surface area contributed by atoms with Gasteiger partial charge in [0.15, 0.2) is 0 Å². The number of hydrogen-bond acceptors (Lipinski definition) is 2. The number of nitrogens with zero attached hydrogens (tertiary/aromatic N) is 2. The van der Waals surface area contributed by atoms with Crippen LogP contribution >= 0.6 is 23.2 Å². The summed E-state index contributed by atoms with van der Waals surface area (Å²) in [6, 6.07) is 2.15. The van der Waals surface area contributed by atoms with Crippen LogP contribution in [0.1, 0.15) is 24.2 Å². The summed E-state index contributed by atoms with van der Waals surface area (Å²) in [7, 11) is 1.46. The van der Waals surface area contributed by atoms with Crippen molar-refractivity contribution in [3.05, 3.63) is 33.6 Å². The quantitative estimate of drug-likeness (QED) is 0.776. The zero-order valence-electron chi connectivity index (χ0n) is 12.1. The van der Waals surface area contributed by atoms with Crippen LogP contribution in [0, 0.1) is 5.82 Å². The van der Waals surface area contributed by atoms with Crippen LogP contribution in [-0.4, -0.2) is 48.3 Å². The van der Waals surface area contributed by atoms with E-state index in [0.717, 1.165) is 6.07 Å². The van der Waals surface area contributed by atoms with Crippen molar-refractivity contribution in [2.24, 2.45) is 0 Å². The predicted molar refractivity (Wildman–Crippen MR) is 81.3 cm³/mol. The maximum atomic E-state index is 13.4. The molecular weight excluding hydrogens is 318 g/mol. The highest BCUT2D eigenvalue weighted by Crippen LogP contribution is 2.25. The first kappa shape index (κ1) is 17.7. The Labute approximate surface area is 133 Å². The molecule has 0 atom stereocenters. The minimum atomic E-state index is -0.729. The molecule has 0 heterocycles. The fourth-order valence-electron chi connectivity index (χ4n) is 1.84. The third-order valence-corrected chi connectivity index (χ3v) is 3.68. The molecule has 4 nitrogen and oxygen atoms in total. The molecule has 116 valence electrons. The van der Waals surface area contributed by atoms with Crippen LogP contribution in [0.3, 0.4) is 0 Å². The van der Waals surface area contributed by atoms with E-state index in [1.54, 1.807) is 4.90 Å². The normalized spacial score (nSPS) is 10.4. The van der Waals surface area contributed by atoms with Crippen LogP contribution in [-0.2, 0) is 4.79 Å². The van der Waals surface area contributed by atoms with Crippen molar-refractivity contribution in [2.75, 3.05) is 26.7 Å². The Morgan fingerprint density at radius 2 is 1.71 bits per heavy atom. The lowest BCUT2D eigenvalue weighted by Crippen LogP contribution is -2.41. The first-order chi connectivity index (χ1) is 9.81. The molecule has 7 heteroatoms. The van der Waals surface area contributed by atoms with Gasteiger partial charge >= 0.3 is 0 Å². The van der Waals surface area contributed by atoms with Crippen molar-refractivity contribution >= 4 is 35.0 Å². The van der Waals surface area contributed by atoms with Crippen LogP contribution < -0.4 is 0 Å². The second-order valence-corrected chi connectivity index (χ2v) is 5.29. The third-order valence-electron chi connectivity index (χ3n) is 3.08. The molecule has 0 N–H and O–H groups in total. The van der Waals surface area contributed by atoms with Crippen molar-refractivity contribution in [1.29, 1.82) is 0 Å². The smallest absolute Gasteiger partial charge is 0.255 e. The molecule has 0 fully saturated rings. The van der Waals surface area contributed by atoms with Gasteiger partial charge in [0, 0.05) is 20.1 Å². The van der Waals surface area contributed by atoms with Gasteiger partial charge in [0.05, 0.1) is 22.2 Å². The van der Waals surface area contributed by atoms with E-state index in [4.69, 9.17) is 23.2 Å².